The van der Waals surface area contributed by atoms with E-state index in [-0.39, 0.29) is 11.5 Å². The first-order valence-electron chi connectivity index (χ1n) is 7.78. The van der Waals surface area contributed by atoms with Gasteiger partial charge in [0, 0.05) is 17.6 Å². The summed E-state index contributed by atoms with van der Waals surface area (Å²) in [7, 11) is 2.88. The predicted molar refractivity (Wildman–Crippen MR) is 94.0 cm³/mol. The predicted octanol–water partition coefficient (Wildman–Crippen LogP) is 3.64. The minimum atomic E-state index is -0.993. The number of benzene rings is 2. The van der Waals surface area contributed by atoms with Crippen molar-refractivity contribution in [1.82, 2.24) is 0 Å². The number of methoxy groups -OCH3 is 2. The van der Waals surface area contributed by atoms with E-state index in [1.165, 1.54) is 13.2 Å². The van der Waals surface area contributed by atoms with E-state index >= 15 is 0 Å². The molecule has 25 heavy (non-hydrogen) atoms. The average molecular weight is 340 g/mol. The molecule has 0 aromatic heterocycles. The van der Waals surface area contributed by atoms with Crippen molar-refractivity contribution in [3.63, 3.8) is 0 Å². The van der Waals surface area contributed by atoms with E-state index in [0.717, 1.165) is 5.56 Å². The van der Waals surface area contributed by atoms with Crippen molar-refractivity contribution >= 4 is 11.9 Å². The van der Waals surface area contributed by atoms with Crippen LogP contribution in [0.3, 0.4) is 0 Å². The lowest BCUT2D eigenvalue weighted by Crippen LogP contribution is -2.09. The molecule has 0 saturated heterocycles. The van der Waals surface area contributed by atoms with Gasteiger partial charge in [0.15, 0.2) is 0 Å². The van der Waals surface area contributed by atoms with Gasteiger partial charge >= 0.3 is 11.9 Å². The number of carbonyl (C=O) groups is 2. The Morgan fingerprint density at radius 1 is 1.04 bits per heavy atom. The highest BCUT2D eigenvalue weighted by atomic mass is 16.5. The van der Waals surface area contributed by atoms with Crippen molar-refractivity contribution < 1.29 is 24.2 Å². The van der Waals surface area contributed by atoms with Gasteiger partial charge in [0.2, 0.25) is 0 Å². The fourth-order valence-corrected chi connectivity index (χ4v) is 2.74. The average Bonchev–Trinajstić information content (AvgIpc) is 2.65. The highest BCUT2D eigenvalue weighted by Gasteiger charge is 2.22. The first kappa shape index (κ1) is 18.3. The van der Waals surface area contributed by atoms with Crippen LogP contribution in [0.4, 0.5) is 0 Å². The Balaban J connectivity index is 2.51. The number of hydrogen-bond acceptors (Lipinski definition) is 4. The van der Waals surface area contributed by atoms with Crippen LogP contribution < -0.4 is 4.74 Å². The monoisotopic (exact) mass is 340 g/mol. The molecule has 0 spiro atoms. The number of allylic oxidation sites excluding steroid dienone is 1. The van der Waals surface area contributed by atoms with Crippen LogP contribution >= 0.6 is 0 Å². The number of aromatic carboxylic acids is 1. The molecular weight excluding hydrogens is 320 g/mol. The molecule has 0 amide bonds. The number of para-hydroxylation sites is 1. The number of rotatable bonds is 7. The largest absolute Gasteiger partial charge is 0.496 e. The number of hydrogen-bond donors (Lipinski definition) is 1. The zero-order chi connectivity index (χ0) is 18.2. The van der Waals surface area contributed by atoms with Gasteiger partial charge in [-0.3, -0.25) is 0 Å². The van der Waals surface area contributed by atoms with Gasteiger partial charge in [-0.2, -0.15) is 0 Å². The Labute approximate surface area is 146 Å². The number of carboxylic acids is 1. The number of ether oxygens (including phenoxy) is 2. The second-order valence-corrected chi connectivity index (χ2v) is 5.35. The minimum absolute atomic E-state index is 0.227. The Bertz CT molecular complexity index is 779. The van der Waals surface area contributed by atoms with E-state index in [1.54, 1.807) is 37.5 Å². The highest BCUT2D eigenvalue weighted by Crippen LogP contribution is 2.36. The SMILES string of the molecule is COC(=O)/C=C/CC(c1ccccc1OC)c1ccccc1C(=O)O. The molecule has 1 unspecified atom stereocenters. The molecule has 0 radical (unpaired) electrons. The topological polar surface area (TPSA) is 72.8 Å². The van der Waals surface area contributed by atoms with E-state index in [9.17, 15) is 14.7 Å². The Morgan fingerprint density at radius 3 is 2.32 bits per heavy atom. The van der Waals surface area contributed by atoms with E-state index in [2.05, 4.69) is 4.74 Å². The van der Waals surface area contributed by atoms with E-state index in [0.29, 0.717) is 17.7 Å². The van der Waals surface area contributed by atoms with Gasteiger partial charge in [0.25, 0.3) is 0 Å². The van der Waals surface area contributed by atoms with E-state index < -0.39 is 11.9 Å². The lowest BCUT2D eigenvalue weighted by Gasteiger charge is -2.20. The van der Waals surface area contributed by atoms with Gasteiger partial charge in [-0.15, -0.1) is 0 Å². The Morgan fingerprint density at radius 2 is 1.68 bits per heavy atom. The van der Waals surface area contributed by atoms with Gasteiger partial charge in [-0.1, -0.05) is 42.5 Å². The molecule has 2 rings (SSSR count). The maximum Gasteiger partial charge on any atom is 0.335 e. The number of carbonyl (C=O) groups excluding carboxylic acids is 1. The van der Waals surface area contributed by atoms with Crippen LogP contribution in [-0.4, -0.2) is 31.3 Å². The first-order valence-corrected chi connectivity index (χ1v) is 7.78. The summed E-state index contributed by atoms with van der Waals surface area (Å²) in [5.41, 5.74) is 1.74. The number of carboxylic acid groups (broad SMARTS) is 1. The van der Waals surface area contributed by atoms with Crippen molar-refractivity contribution in [3.05, 3.63) is 77.4 Å². The van der Waals surface area contributed by atoms with Crippen LogP contribution in [0.5, 0.6) is 5.75 Å². The van der Waals surface area contributed by atoms with Crippen LogP contribution in [0, 0.1) is 0 Å². The normalized spacial score (nSPS) is 11.9. The Kier molecular flexibility index (Phi) is 6.34. The molecule has 0 saturated carbocycles. The summed E-state index contributed by atoms with van der Waals surface area (Å²) in [6.45, 7) is 0. The molecule has 1 atom stereocenters. The second kappa shape index (κ2) is 8.68. The molecule has 1 N–H and O–H groups in total. The van der Waals surface area contributed by atoms with Crippen molar-refractivity contribution in [1.29, 1.82) is 0 Å². The maximum absolute atomic E-state index is 11.6. The molecule has 5 heteroatoms. The third-order valence-electron chi connectivity index (χ3n) is 3.91. The summed E-state index contributed by atoms with van der Waals surface area (Å²) in [4.78, 5) is 23.0. The molecule has 0 bridgehead atoms. The summed E-state index contributed by atoms with van der Waals surface area (Å²) >= 11 is 0. The van der Waals surface area contributed by atoms with Crippen LogP contribution in [0.2, 0.25) is 0 Å². The molecule has 0 fully saturated rings. The number of esters is 1. The van der Waals surface area contributed by atoms with Crippen molar-refractivity contribution in [2.45, 2.75) is 12.3 Å². The standard InChI is InChI=1S/C20H20O5/c1-24-18-12-6-5-9-16(18)14(11-7-13-19(21)25-2)15-8-3-4-10-17(15)20(22)23/h3-10,12-14H,11H2,1-2H3,(H,22,23)/b13-7+. The van der Waals surface area contributed by atoms with Crippen molar-refractivity contribution in [3.8, 4) is 5.75 Å². The molecule has 2 aromatic rings. The lowest BCUT2D eigenvalue weighted by molar-refractivity contribution is -0.134. The quantitative estimate of drug-likeness (QED) is 0.615. The van der Waals surface area contributed by atoms with Crippen LogP contribution in [0.1, 0.15) is 33.8 Å². The molecular formula is C20H20O5. The smallest absolute Gasteiger partial charge is 0.335 e. The highest BCUT2D eigenvalue weighted by molar-refractivity contribution is 5.90. The molecule has 5 nitrogen and oxygen atoms in total. The third kappa shape index (κ3) is 4.47. The summed E-state index contributed by atoms with van der Waals surface area (Å²) in [6.07, 6.45) is 3.45. The van der Waals surface area contributed by atoms with E-state index in [1.807, 2.05) is 24.3 Å². The van der Waals surface area contributed by atoms with Gasteiger partial charge in [0.1, 0.15) is 5.75 Å². The van der Waals surface area contributed by atoms with Crippen molar-refractivity contribution in [2.24, 2.45) is 0 Å². The Hall–Kier alpha value is -3.08. The zero-order valence-corrected chi connectivity index (χ0v) is 14.1. The molecule has 0 aliphatic carbocycles. The maximum atomic E-state index is 11.6. The van der Waals surface area contributed by atoms with Crippen LogP contribution in [-0.2, 0) is 9.53 Å². The van der Waals surface area contributed by atoms with Crippen LogP contribution in [0.25, 0.3) is 0 Å². The summed E-state index contributed by atoms with van der Waals surface area (Å²) in [6, 6.07) is 14.3. The molecule has 2 aromatic carbocycles. The first-order chi connectivity index (χ1) is 12.1. The molecule has 0 aliphatic rings. The van der Waals surface area contributed by atoms with Crippen LogP contribution in [0.15, 0.2) is 60.7 Å². The second-order valence-electron chi connectivity index (χ2n) is 5.35. The molecule has 0 heterocycles. The summed E-state index contributed by atoms with van der Waals surface area (Å²) in [5.74, 6) is -1.05. The lowest BCUT2D eigenvalue weighted by atomic mass is 9.85. The van der Waals surface area contributed by atoms with Crippen molar-refractivity contribution in [2.75, 3.05) is 14.2 Å². The van der Waals surface area contributed by atoms with E-state index in [4.69, 9.17) is 4.74 Å². The summed E-state index contributed by atoms with van der Waals surface area (Å²) in [5, 5.41) is 9.52. The van der Waals surface area contributed by atoms with Gasteiger partial charge in [-0.05, 0) is 24.1 Å². The third-order valence-corrected chi connectivity index (χ3v) is 3.91. The molecule has 130 valence electrons. The molecule has 0 aliphatic heterocycles. The van der Waals surface area contributed by atoms with Gasteiger partial charge in [0.05, 0.1) is 19.8 Å². The minimum Gasteiger partial charge on any atom is -0.496 e. The zero-order valence-electron chi connectivity index (χ0n) is 14.1. The summed E-state index contributed by atoms with van der Waals surface area (Å²) < 4.78 is 10.0. The van der Waals surface area contributed by atoms with Gasteiger partial charge in [-0.25, -0.2) is 9.59 Å². The fraction of sp³-hybridized carbons (Fsp3) is 0.200. The fourth-order valence-electron chi connectivity index (χ4n) is 2.74. The van der Waals surface area contributed by atoms with Gasteiger partial charge < -0.3 is 14.6 Å².